The molecule has 1 heterocycles. The molecule has 0 spiro atoms. The number of alkyl halides is 6. The van der Waals surface area contributed by atoms with Gasteiger partial charge in [0, 0.05) is 25.0 Å². The standard InChI is InChI=1S/C11H15F6N3/c1-18-8(4-3-7-5-6-19-20(7)2)9(10(12,13)14)11(15,16)17/h5-6,8-9,18H,3-4H2,1-2H3. The van der Waals surface area contributed by atoms with Crippen molar-refractivity contribution in [2.24, 2.45) is 13.0 Å². The van der Waals surface area contributed by atoms with Crippen LogP contribution >= 0.6 is 0 Å². The van der Waals surface area contributed by atoms with Gasteiger partial charge in [0.15, 0.2) is 5.92 Å². The van der Waals surface area contributed by atoms with Gasteiger partial charge in [-0.15, -0.1) is 0 Å². The molecule has 9 heteroatoms. The molecule has 0 bridgehead atoms. The van der Waals surface area contributed by atoms with Crippen molar-refractivity contribution in [2.75, 3.05) is 7.05 Å². The summed E-state index contributed by atoms with van der Waals surface area (Å²) in [5.41, 5.74) is 0.577. The summed E-state index contributed by atoms with van der Waals surface area (Å²) in [5.74, 6) is -3.38. The summed E-state index contributed by atoms with van der Waals surface area (Å²) in [6.45, 7) is 0. The monoisotopic (exact) mass is 303 g/mol. The number of nitrogens with zero attached hydrogens (tertiary/aromatic N) is 2. The van der Waals surface area contributed by atoms with Crippen LogP contribution in [0.25, 0.3) is 0 Å². The Morgan fingerprint density at radius 2 is 1.75 bits per heavy atom. The Morgan fingerprint density at radius 3 is 2.10 bits per heavy atom. The lowest BCUT2D eigenvalue weighted by Crippen LogP contribution is -2.50. The van der Waals surface area contributed by atoms with Crippen LogP contribution in [0.15, 0.2) is 12.3 Å². The highest BCUT2D eigenvalue weighted by Gasteiger charge is 2.59. The SMILES string of the molecule is CNC(CCc1ccnn1C)C(C(F)(F)F)C(F)(F)F. The fraction of sp³-hybridized carbons (Fsp3) is 0.727. The van der Waals surface area contributed by atoms with Crippen LogP contribution in [-0.4, -0.2) is 35.2 Å². The van der Waals surface area contributed by atoms with E-state index in [2.05, 4.69) is 10.4 Å². The zero-order chi connectivity index (χ0) is 15.6. The Balaban J connectivity index is 2.84. The van der Waals surface area contributed by atoms with E-state index in [4.69, 9.17) is 0 Å². The van der Waals surface area contributed by atoms with E-state index in [0.29, 0.717) is 5.69 Å². The largest absolute Gasteiger partial charge is 0.401 e. The lowest BCUT2D eigenvalue weighted by Gasteiger charge is -2.30. The molecule has 20 heavy (non-hydrogen) atoms. The molecule has 1 rings (SSSR count). The van der Waals surface area contributed by atoms with Gasteiger partial charge in [-0.3, -0.25) is 4.68 Å². The summed E-state index contributed by atoms with van der Waals surface area (Å²) < 4.78 is 77.1. The van der Waals surface area contributed by atoms with Crippen LogP contribution in [0.2, 0.25) is 0 Å². The molecule has 1 aromatic rings. The molecule has 0 saturated carbocycles. The van der Waals surface area contributed by atoms with Gasteiger partial charge in [0.2, 0.25) is 0 Å². The van der Waals surface area contributed by atoms with Crippen LogP contribution in [0.1, 0.15) is 12.1 Å². The second-order valence-corrected chi connectivity index (χ2v) is 4.44. The highest BCUT2D eigenvalue weighted by atomic mass is 19.4. The second kappa shape index (κ2) is 6.02. The molecular formula is C11H15F6N3. The predicted octanol–water partition coefficient (Wildman–Crippen LogP) is 2.68. The number of aryl methyl sites for hydroxylation is 2. The van der Waals surface area contributed by atoms with Crippen molar-refractivity contribution < 1.29 is 26.3 Å². The predicted molar refractivity (Wildman–Crippen MR) is 60.0 cm³/mol. The molecule has 0 aliphatic heterocycles. The van der Waals surface area contributed by atoms with Crippen molar-refractivity contribution in [3.8, 4) is 0 Å². The third-order valence-electron chi connectivity index (χ3n) is 3.11. The van der Waals surface area contributed by atoms with E-state index in [1.54, 1.807) is 13.1 Å². The fourth-order valence-electron chi connectivity index (χ4n) is 2.07. The van der Waals surface area contributed by atoms with Crippen LogP contribution in [-0.2, 0) is 13.5 Å². The molecule has 3 nitrogen and oxygen atoms in total. The quantitative estimate of drug-likeness (QED) is 0.848. The van der Waals surface area contributed by atoms with Gasteiger partial charge in [0.1, 0.15) is 0 Å². The van der Waals surface area contributed by atoms with E-state index in [9.17, 15) is 26.3 Å². The molecule has 0 radical (unpaired) electrons. The summed E-state index contributed by atoms with van der Waals surface area (Å²) >= 11 is 0. The van der Waals surface area contributed by atoms with E-state index < -0.39 is 24.3 Å². The van der Waals surface area contributed by atoms with E-state index in [1.807, 2.05) is 0 Å². The molecule has 1 atom stereocenters. The van der Waals surface area contributed by atoms with E-state index in [0.717, 1.165) is 7.05 Å². The first-order chi connectivity index (χ1) is 9.07. The number of nitrogens with one attached hydrogen (secondary N) is 1. The summed E-state index contributed by atoms with van der Waals surface area (Å²) in [7, 11) is 2.67. The summed E-state index contributed by atoms with van der Waals surface area (Å²) in [5, 5.41) is 5.94. The zero-order valence-corrected chi connectivity index (χ0v) is 10.9. The second-order valence-electron chi connectivity index (χ2n) is 4.44. The minimum Gasteiger partial charge on any atom is -0.316 e. The van der Waals surface area contributed by atoms with Crippen LogP contribution in [0.3, 0.4) is 0 Å². The van der Waals surface area contributed by atoms with Crippen molar-refractivity contribution in [2.45, 2.75) is 31.2 Å². The van der Waals surface area contributed by atoms with Gasteiger partial charge in [0.25, 0.3) is 0 Å². The van der Waals surface area contributed by atoms with Crippen molar-refractivity contribution in [3.63, 3.8) is 0 Å². The maximum absolute atomic E-state index is 12.6. The zero-order valence-electron chi connectivity index (χ0n) is 10.9. The molecule has 0 aliphatic rings. The lowest BCUT2D eigenvalue weighted by atomic mass is 9.93. The fourth-order valence-corrected chi connectivity index (χ4v) is 2.07. The average molecular weight is 303 g/mol. The highest BCUT2D eigenvalue weighted by Crippen LogP contribution is 2.42. The normalized spacial score (nSPS) is 14.8. The maximum atomic E-state index is 12.6. The van der Waals surface area contributed by atoms with Crippen molar-refractivity contribution >= 4 is 0 Å². The highest BCUT2D eigenvalue weighted by molar-refractivity contribution is 5.01. The molecular weight excluding hydrogens is 288 g/mol. The number of hydrogen-bond donors (Lipinski definition) is 1. The molecule has 1 unspecified atom stereocenters. The third kappa shape index (κ3) is 4.12. The number of rotatable bonds is 5. The summed E-state index contributed by atoms with van der Waals surface area (Å²) in [6.07, 6.45) is -9.45. The van der Waals surface area contributed by atoms with Gasteiger partial charge in [0.05, 0.1) is 0 Å². The molecule has 1 aromatic heterocycles. The summed E-state index contributed by atoms with van der Waals surface area (Å²) in [6, 6.07) is -0.173. The van der Waals surface area contributed by atoms with E-state index >= 15 is 0 Å². The van der Waals surface area contributed by atoms with Gasteiger partial charge >= 0.3 is 12.4 Å². The van der Waals surface area contributed by atoms with Crippen molar-refractivity contribution in [1.82, 2.24) is 15.1 Å². The van der Waals surface area contributed by atoms with Crippen LogP contribution in [0.4, 0.5) is 26.3 Å². The van der Waals surface area contributed by atoms with Gasteiger partial charge in [-0.05, 0) is 26.0 Å². The van der Waals surface area contributed by atoms with Gasteiger partial charge < -0.3 is 5.32 Å². The van der Waals surface area contributed by atoms with Crippen LogP contribution < -0.4 is 5.32 Å². The molecule has 0 amide bonds. The Labute approximate surface area is 112 Å². The minimum atomic E-state index is -5.33. The summed E-state index contributed by atoms with van der Waals surface area (Å²) in [4.78, 5) is 0. The van der Waals surface area contributed by atoms with Crippen molar-refractivity contribution in [3.05, 3.63) is 18.0 Å². The molecule has 116 valence electrons. The van der Waals surface area contributed by atoms with Gasteiger partial charge in [-0.1, -0.05) is 0 Å². The van der Waals surface area contributed by atoms with Gasteiger partial charge in [-0.25, -0.2) is 0 Å². The van der Waals surface area contributed by atoms with Gasteiger partial charge in [-0.2, -0.15) is 31.4 Å². The molecule has 0 aliphatic carbocycles. The Morgan fingerprint density at radius 1 is 1.20 bits per heavy atom. The lowest BCUT2D eigenvalue weighted by molar-refractivity contribution is -0.291. The Hall–Kier alpha value is -1.25. The minimum absolute atomic E-state index is 0.0741. The smallest absolute Gasteiger partial charge is 0.316 e. The first-order valence-corrected chi connectivity index (χ1v) is 5.85. The number of hydrogen-bond acceptors (Lipinski definition) is 2. The third-order valence-corrected chi connectivity index (χ3v) is 3.11. The van der Waals surface area contributed by atoms with E-state index in [-0.39, 0.29) is 12.8 Å². The molecule has 0 saturated heterocycles. The molecule has 0 aromatic carbocycles. The van der Waals surface area contributed by atoms with Crippen LogP contribution in [0, 0.1) is 5.92 Å². The van der Waals surface area contributed by atoms with Crippen LogP contribution in [0.5, 0.6) is 0 Å². The maximum Gasteiger partial charge on any atom is 0.401 e. The first kappa shape index (κ1) is 16.8. The van der Waals surface area contributed by atoms with Crippen molar-refractivity contribution in [1.29, 1.82) is 0 Å². The molecule has 0 fully saturated rings. The Kier molecular flexibility index (Phi) is 5.06. The Bertz CT molecular complexity index is 409. The van der Waals surface area contributed by atoms with E-state index in [1.165, 1.54) is 10.9 Å². The topological polar surface area (TPSA) is 29.9 Å². The number of aromatic nitrogens is 2. The number of halogens is 6. The molecule has 1 N–H and O–H groups in total. The average Bonchev–Trinajstić information content (AvgIpc) is 2.66. The first-order valence-electron chi connectivity index (χ1n) is 5.85.